The van der Waals surface area contributed by atoms with Crippen LogP contribution in [0.4, 0.5) is 13.2 Å². The molecule has 2 aromatic carbocycles. The summed E-state index contributed by atoms with van der Waals surface area (Å²) in [5.74, 6) is 0. The molecule has 0 aliphatic carbocycles. The van der Waals surface area contributed by atoms with Crippen LogP contribution in [0.3, 0.4) is 0 Å². The molecule has 0 unspecified atom stereocenters. The molecule has 0 aliphatic rings. The van der Waals surface area contributed by atoms with Crippen LogP contribution in [-0.2, 0) is 6.18 Å². The summed E-state index contributed by atoms with van der Waals surface area (Å²) in [6, 6.07) is 12.8. The van der Waals surface area contributed by atoms with Gasteiger partial charge in [0, 0.05) is 11.5 Å². The monoisotopic (exact) mass is 290 g/mol. The first-order chi connectivity index (χ1) is 9.95. The zero-order chi connectivity index (χ0) is 15.0. The van der Waals surface area contributed by atoms with E-state index in [1.165, 1.54) is 30.3 Å². The first kappa shape index (κ1) is 13.4. The van der Waals surface area contributed by atoms with Crippen molar-refractivity contribution in [2.45, 2.75) is 6.18 Å². The third-order valence-corrected chi connectivity index (χ3v) is 3.17. The fourth-order valence-electron chi connectivity index (χ4n) is 2.21. The summed E-state index contributed by atoms with van der Waals surface area (Å²) >= 11 is 0. The van der Waals surface area contributed by atoms with Crippen LogP contribution >= 0.6 is 0 Å². The molecule has 0 spiro atoms. The lowest BCUT2D eigenvalue weighted by atomic mass is 9.98. The summed E-state index contributed by atoms with van der Waals surface area (Å²) < 4.78 is 44.1. The van der Waals surface area contributed by atoms with Crippen molar-refractivity contribution in [1.82, 2.24) is 0 Å². The van der Waals surface area contributed by atoms with Gasteiger partial charge in [0.2, 0.25) is 0 Å². The number of benzene rings is 2. The maximum Gasteiger partial charge on any atom is 0.417 e. The Labute approximate surface area is 117 Å². The van der Waals surface area contributed by atoms with Crippen molar-refractivity contribution < 1.29 is 17.6 Å². The fraction of sp³-hybridized carbons (Fsp3) is 0.0625. The molecule has 2 nitrogen and oxygen atoms in total. The van der Waals surface area contributed by atoms with Crippen LogP contribution in [0.2, 0.25) is 0 Å². The van der Waals surface area contributed by atoms with Gasteiger partial charge in [-0.05, 0) is 29.3 Å². The summed E-state index contributed by atoms with van der Waals surface area (Å²) in [6.07, 6.45) is -4.44. The van der Waals surface area contributed by atoms with Crippen LogP contribution in [0.1, 0.15) is 5.56 Å². The maximum atomic E-state index is 13.0. The van der Waals surface area contributed by atoms with Gasteiger partial charge in [-0.2, -0.15) is 13.2 Å². The lowest BCUT2D eigenvalue weighted by molar-refractivity contribution is -0.137. The first-order valence-electron chi connectivity index (χ1n) is 6.16. The van der Waals surface area contributed by atoms with E-state index in [9.17, 15) is 18.0 Å². The van der Waals surface area contributed by atoms with Gasteiger partial charge in [0.25, 0.3) is 0 Å². The van der Waals surface area contributed by atoms with Crippen LogP contribution in [-0.4, -0.2) is 0 Å². The molecule has 3 aromatic rings. The minimum Gasteiger partial charge on any atom is -0.423 e. The van der Waals surface area contributed by atoms with Crippen LogP contribution in [0, 0.1) is 0 Å². The van der Waals surface area contributed by atoms with Crippen molar-refractivity contribution in [2.75, 3.05) is 0 Å². The van der Waals surface area contributed by atoms with Crippen LogP contribution in [0.25, 0.3) is 22.1 Å². The third kappa shape index (κ3) is 2.54. The highest BCUT2D eigenvalue weighted by molar-refractivity contribution is 5.83. The van der Waals surface area contributed by atoms with Gasteiger partial charge in [-0.25, -0.2) is 4.79 Å². The zero-order valence-electron chi connectivity index (χ0n) is 10.6. The van der Waals surface area contributed by atoms with Crippen molar-refractivity contribution in [3.63, 3.8) is 0 Å². The van der Waals surface area contributed by atoms with E-state index < -0.39 is 17.4 Å². The number of hydrogen-bond donors (Lipinski definition) is 0. The van der Waals surface area contributed by atoms with E-state index in [2.05, 4.69) is 0 Å². The Morgan fingerprint density at radius 3 is 2.38 bits per heavy atom. The fourth-order valence-corrected chi connectivity index (χ4v) is 2.21. The zero-order valence-corrected chi connectivity index (χ0v) is 10.6. The molecular formula is C16H9F3O2. The van der Waals surface area contributed by atoms with Gasteiger partial charge in [0.1, 0.15) is 5.58 Å². The second-order valence-electron chi connectivity index (χ2n) is 4.55. The molecule has 0 N–H and O–H groups in total. The molecule has 0 saturated carbocycles. The molecule has 0 amide bonds. The van der Waals surface area contributed by atoms with Crippen LogP contribution in [0.15, 0.2) is 63.8 Å². The molecule has 3 rings (SSSR count). The standard InChI is InChI=1S/C16H9F3O2/c17-16(18,19)13-4-2-1-3-12(13)11-6-5-10-7-8-15(20)21-14(10)9-11/h1-9H. The molecule has 0 atom stereocenters. The molecule has 5 heteroatoms. The summed E-state index contributed by atoms with van der Waals surface area (Å²) in [6.45, 7) is 0. The van der Waals surface area contributed by atoms with Gasteiger partial charge in [0.05, 0.1) is 5.56 Å². The van der Waals surface area contributed by atoms with Crippen molar-refractivity contribution in [2.24, 2.45) is 0 Å². The van der Waals surface area contributed by atoms with Gasteiger partial charge in [-0.15, -0.1) is 0 Å². The number of rotatable bonds is 1. The molecule has 21 heavy (non-hydrogen) atoms. The van der Waals surface area contributed by atoms with E-state index in [1.807, 2.05) is 0 Å². The highest BCUT2D eigenvalue weighted by atomic mass is 19.4. The Balaban J connectivity index is 2.24. The number of alkyl halides is 3. The minimum absolute atomic E-state index is 0.0541. The summed E-state index contributed by atoms with van der Waals surface area (Å²) in [7, 11) is 0. The Hall–Kier alpha value is -2.56. The van der Waals surface area contributed by atoms with E-state index in [0.717, 1.165) is 6.07 Å². The molecule has 0 radical (unpaired) electrons. The van der Waals surface area contributed by atoms with Crippen LogP contribution in [0.5, 0.6) is 0 Å². The van der Waals surface area contributed by atoms with E-state index in [4.69, 9.17) is 4.42 Å². The number of fused-ring (bicyclic) bond motifs is 1. The second kappa shape index (κ2) is 4.77. The molecular weight excluding hydrogens is 281 g/mol. The molecule has 1 aromatic heterocycles. The van der Waals surface area contributed by atoms with Crippen molar-refractivity contribution in [3.8, 4) is 11.1 Å². The molecule has 0 aliphatic heterocycles. The Kier molecular flexibility index (Phi) is 3.05. The van der Waals surface area contributed by atoms with E-state index in [-0.39, 0.29) is 11.1 Å². The van der Waals surface area contributed by atoms with Gasteiger partial charge in [-0.1, -0.05) is 30.3 Å². The van der Waals surface area contributed by atoms with E-state index >= 15 is 0 Å². The van der Waals surface area contributed by atoms with E-state index in [0.29, 0.717) is 10.9 Å². The minimum atomic E-state index is -4.44. The molecule has 1 heterocycles. The number of halogens is 3. The average molecular weight is 290 g/mol. The summed E-state index contributed by atoms with van der Waals surface area (Å²) in [4.78, 5) is 11.2. The topological polar surface area (TPSA) is 30.2 Å². The highest BCUT2D eigenvalue weighted by Gasteiger charge is 2.33. The smallest absolute Gasteiger partial charge is 0.417 e. The first-order valence-corrected chi connectivity index (χ1v) is 6.16. The number of hydrogen-bond acceptors (Lipinski definition) is 2. The van der Waals surface area contributed by atoms with Gasteiger partial charge < -0.3 is 4.42 Å². The normalized spacial score (nSPS) is 11.8. The van der Waals surface area contributed by atoms with Crippen molar-refractivity contribution in [3.05, 3.63) is 70.6 Å². The Bertz CT molecular complexity index is 863. The molecule has 106 valence electrons. The third-order valence-electron chi connectivity index (χ3n) is 3.17. The van der Waals surface area contributed by atoms with Gasteiger partial charge in [0.15, 0.2) is 0 Å². The lowest BCUT2D eigenvalue weighted by Crippen LogP contribution is -2.06. The van der Waals surface area contributed by atoms with Crippen LogP contribution < -0.4 is 5.63 Å². The maximum absolute atomic E-state index is 13.0. The van der Waals surface area contributed by atoms with E-state index in [1.54, 1.807) is 18.2 Å². The quantitative estimate of drug-likeness (QED) is 0.619. The van der Waals surface area contributed by atoms with Gasteiger partial charge >= 0.3 is 11.8 Å². The predicted molar refractivity (Wildman–Crippen MR) is 72.9 cm³/mol. The highest BCUT2D eigenvalue weighted by Crippen LogP contribution is 2.37. The summed E-state index contributed by atoms with van der Waals surface area (Å²) in [5, 5.41) is 0.655. The molecule has 0 saturated heterocycles. The van der Waals surface area contributed by atoms with Crippen molar-refractivity contribution in [1.29, 1.82) is 0 Å². The Morgan fingerprint density at radius 2 is 1.62 bits per heavy atom. The lowest BCUT2D eigenvalue weighted by Gasteiger charge is -2.12. The average Bonchev–Trinajstić information content (AvgIpc) is 2.45. The Morgan fingerprint density at radius 1 is 0.905 bits per heavy atom. The largest absolute Gasteiger partial charge is 0.423 e. The van der Waals surface area contributed by atoms with Gasteiger partial charge in [-0.3, -0.25) is 0 Å². The van der Waals surface area contributed by atoms with Crippen molar-refractivity contribution >= 4 is 11.0 Å². The molecule has 0 bridgehead atoms. The molecule has 0 fully saturated rings. The summed E-state index contributed by atoms with van der Waals surface area (Å²) in [5.41, 5.74) is -0.591. The SMILES string of the molecule is O=c1ccc2ccc(-c3ccccc3C(F)(F)F)cc2o1. The second-order valence-corrected chi connectivity index (χ2v) is 4.55. The predicted octanol–water partition coefficient (Wildman–Crippen LogP) is 4.48.